The summed E-state index contributed by atoms with van der Waals surface area (Å²) in [6, 6.07) is 3.70. The van der Waals surface area contributed by atoms with E-state index in [4.69, 9.17) is 41.1 Å². The van der Waals surface area contributed by atoms with Crippen molar-refractivity contribution in [2.24, 2.45) is 0 Å². The predicted molar refractivity (Wildman–Crippen MR) is 168 cm³/mol. The van der Waals surface area contributed by atoms with E-state index in [2.05, 4.69) is 26.2 Å². The average molecular weight is 668 g/mol. The summed E-state index contributed by atoms with van der Waals surface area (Å²) in [6.07, 6.45) is 5.34. The molecule has 248 valence electrons. The van der Waals surface area contributed by atoms with E-state index in [1.165, 1.54) is 13.3 Å². The van der Waals surface area contributed by atoms with Crippen molar-refractivity contribution in [3.63, 3.8) is 0 Å². The molecule has 14 nitrogen and oxygen atoms in total. The Bertz CT molecular complexity index is 1960. The van der Waals surface area contributed by atoms with Crippen LogP contribution in [0.5, 0.6) is 5.75 Å². The summed E-state index contributed by atoms with van der Waals surface area (Å²) in [5, 5.41) is 13.3. The van der Waals surface area contributed by atoms with Crippen LogP contribution in [0.2, 0.25) is 5.28 Å². The van der Waals surface area contributed by atoms with Gasteiger partial charge in [0.25, 0.3) is 0 Å². The smallest absolute Gasteiger partial charge is 0.458 e. The molecule has 0 unspecified atom stereocenters. The summed E-state index contributed by atoms with van der Waals surface area (Å²) in [7, 11) is 0. The van der Waals surface area contributed by atoms with Crippen LogP contribution in [0.15, 0.2) is 32.1 Å². The van der Waals surface area contributed by atoms with Crippen molar-refractivity contribution in [2.75, 3.05) is 11.9 Å². The van der Waals surface area contributed by atoms with Crippen molar-refractivity contribution in [1.29, 1.82) is 0 Å². The third-order valence-electron chi connectivity index (χ3n) is 7.95. The molecule has 15 heteroatoms. The Hall–Kier alpha value is -4.71. The number of benzene rings is 1. The standard InChI is InChI=1S/C32H34ClN5O9/c1-8-32(14-39)22(46-24(41)12-31(6,7)25-17(3)9-16(2)10-20(25)44-19(5)40)11-23(47-32)38-15-35-26-27(36-29(33)37-28(26)38)34-13-21-18(4)43-30(42)45-21/h1,9-10,15,22-23,39H,11-14H2,2-7H3,(H,34,36,37)/t22-,23+,32+/m0/s1. The first-order valence-corrected chi connectivity index (χ1v) is 15.0. The molecule has 1 aromatic carbocycles. The number of aromatic nitrogens is 4. The molecule has 3 aromatic heterocycles. The minimum atomic E-state index is -1.67. The van der Waals surface area contributed by atoms with Gasteiger partial charge in [0, 0.05) is 24.3 Å². The van der Waals surface area contributed by atoms with Crippen molar-refractivity contribution >= 4 is 40.5 Å². The van der Waals surface area contributed by atoms with Gasteiger partial charge in [-0.15, -0.1) is 6.42 Å². The number of carbonyl (C=O) groups is 2. The third-order valence-corrected chi connectivity index (χ3v) is 8.12. The van der Waals surface area contributed by atoms with Crippen LogP contribution in [0, 0.1) is 33.1 Å². The second-order valence-electron chi connectivity index (χ2n) is 12.0. The molecule has 2 N–H and O–H groups in total. The summed E-state index contributed by atoms with van der Waals surface area (Å²) in [5.74, 6) is 1.76. The normalized spacial score (nSPS) is 19.5. The highest BCUT2D eigenvalue weighted by Crippen LogP contribution is 2.42. The van der Waals surface area contributed by atoms with Crippen LogP contribution in [0.1, 0.15) is 68.1 Å². The van der Waals surface area contributed by atoms with Gasteiger partial charge in [0.2, 0.25) is 5.28 Å². The van der Waals surface area contributed by atoms with Crippen LogP contribution in [-0.2, 0) is 31.0 Å². The highest BCUT2D eigenvalue weighted by atomic mass is 35.5. The van der Waals surface area contributed by atoms with Crippen molar-refractivity contribution in [3.05, 3.63) is 62.6 Å². The molecule has 1 aliphatic heterocycles. The number of hydrogen-bond acceptors (Lipinski definition) is 13. The number of rotatable bonds is 10. The summed E-state index contributed by atoms with van der Waals surface area (Å²) in [4.78, 5) is 49.7. The number of imidazole rings is 1. The van der Waals surface area contributed by atoms with Crippen LogP contribution < -0.4 is 15.9 Å². The van der Waals surface area contributed by atoms with E-state index in [0.717, 1.165) is 11.1 Å². The van der Waals surface area contributed by atoms with Gasteiger partial charge in [0.1, 0.15) is 23.8 Å². The molecule has 0 spiro atoms. The molecule has 0 saturated carbocycles. The number of nitrogens with zero attached hydrogens (tertiary/aromatic N) is 4. The van der Waals surface area contributed by atoms with Crippen LogP contribution in [0.4, 0.5) is 5.82 Å². The second-order valence-corrected chi connectivity index (χ2v) is 12.4. The van der Waals surface area contributed by atoms with Gasteiger partial charge in [-0.2, -0.15) is 9.97 Å². The quantitative estimate of drug-likeness (QED) is 0.107. The number of nitrogens with one attached hydrogen (secondary N) is 1. The highest BCUT2D eigenvalue weighted by Gasteiger charge is 2.51. The van der Waals surface area contributed by atoms with Gasteiger partial charge in [-0.05, 0) is 49.6 Å². The molecule has 5 rings (SSSR count). The van der Waals surface area contributed by atoms with Gasteiger partial charge in [-0.25, -0.2) is 9.78 Å². The number of anilines is 1. The lowest BCUT2D eigenvalue weighted by atomic mass is 9.78. The Morgan fingerprint density at radius 3 is 2.64 bits per heavy atom. The summed E-state index contributed by atoms with van der Waals surface area (Å²) in [6.45, 7) is 9.79. The first-order chi connectivity index (χ1) is 22.2. The first kappa shape index (κ1) is 33.6. The van der Waals surface area contributed by atoms with Gasteiger partial charge in [0.05, 0.1) is 25.9 Å². The lowest BCUT2D eigenvalue weighted by Crippen LogP contribution is -2.44. The van der Waals surface area contributed by atoms with Gasteiger partial charge in [-0.3, -0.25) is 14.2 Å². The molecule has 3 atom stereocenters. The van der Waals surface area contributed by atoms with Gasteiger partial charge >= 0.3 is 17.8 Å². The third kappa shape index (κ3) is 6.73. The molecule has 4 aromatic rings. The molecule has 47 heavy (non-hydrogen) atoms. The number of carbonyl (C=O) groups excluding carboxylic acids is 2. The fraction of sp³-hybridized carbons (Fsp3) is 0.438. The van der Waals surface area contributed by atoms with E-state index >= 15 is 0 Å². The number of aryl methyl sites for hydroxylation is 3. The number of terminal acetylenes is 1. The molecular weight excluding hydrogens is 634 g/mol. The van der Waals surface area contributed by atoms with E-state index in [1.54, 1.807) is 17.6 Å². The molecule has 0 aliphatic carbocycles. The Labute approximate surface area is 274 Å². The van der Waals surface area contributed by atoms with Crippen molar-refractivity contribution in [2.45, 2.75) is 84.3 Å². The molecule has 4 heterocycles. The van der Waals surface area contributed by atoms with E-state index in [0.29, 0.717) is 22.6 Å². The van der Waals surface area contributed by atoms with Gasteiger partial charge in [0.15, 0.2) is 28.3 Å². The predicted octanol–water partition coefficient (Wildman–Crippen LogP) is 4.05. The largest absolute Gasteiger partial charge is 0.519 e. The fourth-order valence-corrected chi connectivity index (χ4v) is 6.13. The number of esters is 2. The molecule has 1 fully saturated rings. The monoisotopic (exact) mass is 667 g/mol. The number of aliphatic hydroxyl groups is 1. The van der Waals surface area contributed by atoms with E-state index in [-0.39, 0.29) is 41.9 Å². The lowest BCUT2D eigenvalue weighted by molar-refractivity contribution is -0.160. The number of ether oxygens (including phenoxy) is 3. The maximum atomic E-state index is 13.5. The van der Waals surface area contributed by atoms with Crippen LogP contribution >= 0.6 is 11.6 Å². The van der Waals surface area contributed by atoms with Crippen LogP contribution in [0.3, 0.4) is 0 Å². The zero-order chi connectivity index (χ0) is 34.3. The van der Waals surface area contributed by atoms with E-state index in [9.17, 15) is 19.5 Å². The minimum Gasteiger partial charge on any atom is -0.458 e. The minimum absolute atomic E-state index is 0.0500. The Morgan fingerprint density at radius 1 is 1.26 bits per heavy atom. The molecule has 1 aliphatic rings. The van der Waals surface area contributed by atoms with E-state index < -0.39 is 47.7 Å². The second kappa shape index (κ2) is 12.8. The number of halogens is 1. The van der Waals surface area contributed by atoms with Gasteiger partial charge in [-0.1, -0.05) is 25.8 Å². The molecule has 0 radical (unpaired) electrons. The van der Waals surface area contributed by atoms with Crippen molar-refractivity contribution in [1.82, 2.24) is 19.5 Å². The average Bonchev–Trinajstić information content (AvgIpc) is 3.64. The first-order valence-electron chi connectivity index (χ1n) is 14.7. The van der Waals surface area contributed by atoms with Gasteiger partial charge < -0.3 is 33.5 Å². The number of hydrogen-bond donors (Lipinski definition) is 2. The highest BCUT2D eigenvalue weighted by molar-refractivity contribution is 6.28. The van der Waals surface area contributed by atoms with Crippen LogP contribution in [-0.4, -0.2) is 54.9 Å². The molecule has 1 saturated heterocycles. The SMILES string of the molecule is C#C[C@]1(CO)O[C@@H](n2cnc3c(NCc4oc(=O)oc4C)nc(Cl)nc32)C[C@@H]1OC(=O)CC(C)(C)c1c(C)cc(C)cc1OC(C)=O. The summed E-state index contributed by atoms with van der Waals surface area (Å²) < 4.78 is 29.1. The zero-order valence-corrected chi connectivity index (χ0v) is 27.4. The molecule has 0 bridgehead atoms. The Kier molecular flexibility index (Phi) is 9.18. The topological polar surface area (TPSA) is 181 Å². The fourth-order valence-electron chi connectivity index (χ4n) is 5.97. The Balaban J connectivity index is 1.38. The summed E-state index contributed by atoms with van der Waals surface area (Å²) in [5.41, 5.74) is 0.548. The zero-order valence-electron chi connectivity index (χ0n) is 26.7. The molecule has 0 amide bonds. The molecular formula is C32H34ClN5O9. The Morgan fingerprint density at radius 2 is 2.00 bits per heavy atom. The maximum Gasteiger partial charge on any atom is 0.519 e. The van der Waals surface area contributed by atoms with Crippen molar-refractivity contribution < 1.29 is 37.7 Å². The maximum absolute atomic E-state index is 13.5. The van der Waals surface area contributed by atoms with Crippen LogP contribution in [0.25, 0.3) is 11.2 Å². The van der Waals surface area contributed by atoms with Crippen molar-refractivity contribution in [3.8, 4) is 18.1 Å². The lowest BCUT2D eigenvalue weighted by Gasteiger charge is -2.31. The number of aliphatic hydroxyl groups excluding tert-OH is 1. The number of fused-ring (bicyclic) bond motifs is 1. The van der Waals surface area contributed by atoms with E-state index in [1.807, 2.05) is 33.8 Å². The summed E-state index contributed by atoms with van der Waals surface area (Å²) >= 11 is 6.25.